The molecule has 0 aliphatic carbocycles. The Kier molecular flexibility index (Phi) is 5.90. The molecule has 3 aromatic carbocycles. The second-order valence-electron chi connectivity index (χ2n) is 8.61. The minimum Gasteiger partial charge on any atom is -0.497 e. The largest absolute Gasteiger partial charge is 0.497 e. The number of methoxy groups -OCH3 is 1. The van der Waals surface area contributed by atoms with Crippen LogP contribution in [0.15, 0.2) is 90.2 Å². The van der Waals surface area contributed by atoms with Crippen LogP contribution in [0.25, 0.3) is 16.9 Å². The quantitative estimate of drug-likeness (QED) is 0.386. The lowest BCUT2D eigenvalue weighted by molar-refractivity contribution is 0.375. The van der Waals surface area contributed by atoms with E-state index in [-0.39, 0.29) is 0 Å². The fourth-order valence-electron chi connectivity index (χ4n) is 4.26. The van der Waals surface area contributed by atoms with Crippen molar-refractivity contribution in [3.63, 3.8) is 0 Å². The molecule has 1 aliphatic rings. The number of benzene rings is 3. The first-order valence-corrected chi connectivity index (χ1v) is 13.1. The molecule has 0 radical (unpaired) electrons. The third kappa shape index (κ3) is 4.57. The number of aryl methyl sites for hydroxylation is 1. The number of hydrazone groups is 1. The number of nitrogens with zero attached hydrogens (tertiary/aromatic N) is 4. The molecule has 0 amide bonds. The maximum Gasteiger partial charge on any atom is 0.247 e. The van der Waals surface area contributed by atoms with Gasteiger partial charge in [-0.05, 0) is 48.9 Å². The van der Waals surface area contributed by atoms with Gasteiger partial charge in [-0.1, -0.05) is 48.0 Å². The molecule has 1 aromatic heterocycles. The van der Waals surface area contributed by atoms with Gasteiger partial charge in [-0.2, -0.15) is 14.6 Å². The van der Waals surface area contributed by atoms with Gasteiger partial charge in [0.15, 0.2) is 0 Å². The van der Waals surface area contributed by atoms with Gasteiger partial charge in [0.1, 0.15) is 5.75 Å². The summed E-state index contributed by atoms with van der Waals surface area (Å²) in [6, 6.07) is 24.9. The van der Waals surface area contributed by atoms with E-state index in [4.69, 9.17) is 9.84 Å². The molecule has 1 aliphatic heterocycles. The van der Waals surface area contributed by atoms with Gasteiger partial charge in [-0.3, -0.25) is 0 Å². The summed E-state index contributed by atoms with van der Waals surface area (Å²) in [4.78, 5) is 0. The molecule has 7 nitrogen and oxygen atoms in total. The average molecular weight is 487 g/mol. The molecule has 0 spiro atoms. The van der Waals surface area contributed by atoms with Crippen LogP contribution in [0.2, 0.25) is 0 Å². The van der Waals surface area contributed by atoms with E-state index in [1.54, 1.807) is 11.8 Å². The van der Waals surface area contributed by atoms with E-state index in [1.807, 2.05) is 92.0 Å². The third-order valence-electron chi connectivity index (χ3n) is 6.08. The van der Waals surface area contributed by atoms with Crippen LogP contribution in [0.5, 0.6) is 5.75 Å². The molecule has 0 unspecified atom stereocenters. The first-order valence-electron chi connectivity index (χ1n) is 11.3. The van der Waals surface area contributed by atoms with Crippen molar-refractivity contribution in [1.29, 1.82) is 0 Å². The molecule has 1 atom stereocenters. The van der Waals surface area contributed by atoms with Crippen molar-refractivity contribution in [3.8, 4) is 22.7 Å². The van der Waals surface area contributed by atoms with Crippen molar-refractivity contribution in [1.82, 2.24) is 14.2 Å². The molecule has 4 aromatic rings. The summed E-state index contributed by atoms with van der Waals surface area (Å²) in [5.74, 6) is 0.731. The van der Waals surface area contributed by atoms with Crippen LogP contribution >= 0.6 is 0 Å². The highest BCUT2D eigenvalue weighted by Crippen LogP contribution is 2.39. The Hall–Kier alpha value is -3.91. The summed E-state index contributed by atoms with van der Waals surface area (Å²) in [6.07, 6.45) is 3.53. The van der Waals surface area contributed by atoms with Gasteiger partial charge in [-0.25, -0.2) is 13.1 Å². The van der Waals surface area contributed by atoms with E-state index in [9.17, 15) is 8.42 Å². The van der Waals surface area contributed by atoms with Crippen LogP contribution in [-0.4, -0.2) is 41.7 Å². The predicted octanol–water partition coefficient (Wildman–Crippen LogP) is 4.97. The molecule has 0 fully saturated rings. The maximum atomic E-state index is 12.8. The van der Waals surface area contributed by atoms with E-state index in [2.05, 4.69) is 5.10 Å². The average Bonchev–Trinajstić information content (AvgIpc) is 3.50. The Bertz CT molecular complexity index is 1480. The second-order valence-corrected chi connectivity index (χ2v) is 10.5. The lowest BCUT2D eigenvalue weighted by atomic mass is 9.97. The van der Waals surface area contributed by atoms with Crippen molar-refractivity contribution in [2.24, 2.45) is 5.10 Å². The van der Waals surface area contributed by atoms with Crippen LogP contribution in [0.4, 0.5) is 0 Å². The molecule has 0 saturated heterocycles. The van der Waals surface area contributed by atoms with E-state index < -0.39 is 16.1 Å². The molecule has 0 saturated carbocycles. The number of rotatable bonds is 6. The Morgan fingerprint density at radius 3 is 2.20 bits per heavy atom. The van der Waals surface area contributed by atoms with Crippen LogP contribution < -0.4 is 4.74 Å². The molecule has 178 valence electrons. The minimum absolute atomic E-state index is 0.429. The number of para-hydroxylation sites is 1. The van der Waals surface area contributed by atoms with Crippen LogP contribution in [-0.2, 0) is 10.0 Å². The summed E-state index contributed by atoms with van der Waals surface area (Å²) < 4.78 is 34.0. The number of hydrogen-bond acceptors (Lipinski definition) is 5. The first-order chi connectivity index (χ1) is 16.8. The highest BCUT2D eigenvalue weighted by Gasteiger charge is 2.37. The van der Waals surface area contributed by atoms with Crippen LogP contribution in [0.1, 0.15) is 29.2 Å². The summed E-state index contributed by atoms with van der Waals surface area (Å²) in [7, 11) is -2.02. The van der Waals surface area contributed by atoms with Gasteiger partial charge in [0.05, 0.1) is 36.5 Å². The SMILES string of the molecule is COc1ccc(C2=NN(S(C)(=O)=O)[C@@H](c3cn(-c4ccccc4)nc3-c3ccc(C)cc3)C2)cc1. The molecular weight excluding hydrogens is 460 g/mol. The number of aromatic nitrogens is 2. The van der Waals surface area contributed by atoms with Crippen molar-refractivity contribution in [2.45, 2.75) is 19.4 Å². The Labute approximate surface area is 205 Å². The molecular formula is C27H26N4O3S. The summed E-state index contributed by atoms with van der Waals surface area (Å²) in [5.41, 5.74) is 6.05. The molecule has 0 N–H and O–H groups in total. The molecule has 5 rings (SSSR count). The summed E-state index contributed by atoms with van der Waals surface area (Å²) in [6.45, 7) is 2.03. The van der Waals surface area contributed by atoms with E-state index in [0.717, 1.165) is 39.4 Å². The Balaban J connectivity index is 1.62. The molecule has 0 bridgehead atoms. The lowest BCUT2D eigenvalue weighted by Gasteiger charge is -2.21. The number of sulfonamides is 1. The van der Waals surface area contributed by atoms with Gasteiger partial charge in [0.25, 0.3) is 0 Å². The monoisotopic (exact) mass is 486 g/mol. The van der Waals surface area contributed by atoms with Crippen molar-refractivity contribution in [2.75, 3.05) is 13.4 Å². The molecule has 8 heteroatoms. The van der Waals surface area contributed by atoms with Gasteiger partial charge in [-0.15, -0.1) is 0 Å². The highest BCUT2D eigenvalue weighted by atomic mass is 32.2. The zero-order chi connectivity index (χ0) is 24.6. The van der Waals surface area contributed by atoms with Crippen molar-refractivity contribution >= 4 is 15.7 Å². The number of ether oxygens (including phenoxy) is 1. The summed E-state index contributed by atoms with van der Waals surface area (Å²) in [5, 5.41) is 9.45. The Morgan fingerprint density at radius 1 is 0.914 bits per heavy atom. The Morgan fingerprint density at radius 2 is 1.57 bits per heavy atom. The topological polar surface area (TPSA) is 76.8 Å². The summed E-state index contributed by atoms with van der Waals surface area (Å²) >= 11 is 0. The first kappa shape index (κ1) is 22.9. The van der Waals surface area contributed by atoms with E-state index in [0.29, 0.717) is 12.1 Å². The van der Waals surface area contributed by atoms with Crippen molar-refractivity contribution < 1.29 is 13.2 Å². The minimum atomic E-state index is -3.63. The lowest BCUT2D eigenvalue weighted by Crippen LogP contribution is -2.26. The number of hydrogen-bond donors (Lipinski definition) is 0. The van der Waals surface area contributed by atoms with Crippen LogP contribution in [0, 0.1) is 6.92 Å². The van der Waals surface area contributed by atoms with Gasteiger partial charge in [0, 0.05) is 23.7 Å². The van der Waals surface area contributed by atoms with Gasteiger partial charge >= 0.3 is 0 Å². The fraction of sp³-hybridized carbons (Fsp3) is 0.185. The molecule has 35 heavy (non-hydrogen) atoms. The molecule has 2 heterocycles. The standard InChI is InChI=1S/C27H26N4O3S/c1-19-9-11-21(12-10-19)27-24(18-30(29-27)22-7-5-4-6-8-22)26-17-25(28-31(26)35(3,32)33)20-13-15-23(34-2)16-14-20/h4-16,18,26H,17H2,1-3H3/t26-/m1/s1. The third-order valence-corrected chi connectivity index (χ3v) is 7.10. The fourth-order valence-corrected chi connectivity index (χ4v) is 5.16. The highest BCUT2D eigenvalue weighted by molar-refractivity contribution is 7.88. The van der Waals surface area contributed by atoms with Crippen molar-refractivity contribution in [3.05, 3.63) is 102 Å². The zero-order valence-electron chi connectivity index (χ0n) is 19.8. The van der Waals surface area contributed by atoms with Gasteiger partial charge < -0.3 is 4.74 Å². The maximum absolute atomic E-state index is 12.8. The smallest absolute Gasteiger partial charge is 0.247 e. The zero-order valence-corrected chi connectivity index (χ0v) is 20.6. The van der Waals surface area contributed by atoms with Crippen LogP contribution in [0.3, 0.4) is 0 Å². The second kappa shape index (κ2) is 9.03. The predicted molar refractivity (Wildman–Crippen MR) is 137 cm³/mol. The normalized spacial score (nSPS) is 15.8. The van der Waals surface area contributed by atoms with Gasteiger partial charge in [0.2, 0.25) is 10.0 Å². The van der Waals surface area contributed by atoms with E-state index >= 15 is 0 Å². The van der Waals surface area contributed by atoms with E-state index in [1.165, 1.54) is 10.7 Å².